The molecule has 0 saturated heterocycles. The molecule has 0 radical (unpaired) electrons. The van der Waals surface area contributed by atoms with E-state index in [9.17, 15) is 0 Å². The first kappa shape index (κ1) is 15.6. The summed E-state index contributed by atoms with van der Waals surface area (Å²) < 4.78 is 0. The van der Waals surface area contributed by atoms with E-state index in [2.05, 4.69) is 35.7 Å². The van der Waals surface area contributed by atoms with E-state index >= 15 is 0 Å². The van der Waals surface area contributed by atoms with Crippen molar-refractivity contribution in [1.29, 1.82) is 0 Å². The van der Waals surface area contributed by atoms with Crippen LogP contribution in [0, 0.1) is 5.92 Å². The molecule has 106 valence electrons. The minimum atomic E-state index is 0.0886. The molecule has 0 aliphatic heterocycles. The fourth-order valence-corrected chi connectivity index (χ4v) is 1.70. The molecule has 1 aromatic rings. The number of aliphatic hydroxyl groups excluding tert-OH is 1. The topological polar surface area (TPSA) is 61.3 Å². The second kappa shape index (κ2) is 8.61. The molecule has 1 heterocycles. The van der Waals surface area contributed by atoms with E-state index in [1.54, 1.807) is 18.5 Å². The maximum absolute atomic E-state index is 9.06. The Morgan fingerprint density at radius 3 is 2.89 bits per heavy atom. The van der Waals surface area contributed by atoms with Crippen LogP contribution in [0.4, 0.5) is 5.82 Å². The van der Waals surface area contributed by atoms with Gasteiger partial charge in [0.05, 0.1) is 18.5 Å². The van der Waals surface area contributed by atoms with Crippen LogP contribution >= 0.6 is 0 Å². The Bertz CT molecular complexity index is 381. The summed E-state index contributed by atoms with van der Waals surface area (Å²) in [5.74, 6) is 1.39. The van der Waals surface area contributed by atoms with Crippen LogP contribution < -0.4 is 10.2 Å². The summed E-state index contributed by atoms with van der Waals surface area (Å²) in [6.45, 7) is 11.0. The van der Waals surface area contributed by atoms with Gasteiger partial charge in [-0.2, -0.15) is 0 Å². The normalized spacial score (nSPS) is 10.7. The lowest BCUT2D eigenvalue weighted by molar-refractivity contribution is 0.302. The van der Waals surface area contributed by atoms with Crippen molar-refractivity contribution in [3.63, 3.8) is 0 Å². The summed E-state index contributed by atoms with van der Waals surface area (Å²) in [7, 11) is 0. The third-order valence-electron chi connectivity index (χ3n) is 2.57. The van der Waals surface area contributed by atoms with Crippen LogP contribution in [0.25, 0.3) is 0 Å². The minimum Gasteiger partial charge on any atom is -0.395 e. The Morgan fingerprint density at radius 2 is 2.26 bits per heavy atom. The Morgan fingerprint density at radius 1 is 1.47 bits per heavy atom. The van der Waals surface area contributed by atoms with E-state index in [0.29, 0.717) is 25.6 Å². The van der Waals surface area contributed by atoms with Gasteiger partial charge in [-0.3, -0.25) is 4.98 Å². The Kier molecular flexibility index (Phi) is 7.07. The maximum atomic E-state index is 9.06. The van der Waals surface area contributed by atoms with Gasteiger partial charge in [-0.15, -0.1) is 6.58 Å². The van der Waals surface area contributed by atoms with Gasteiger partial charge < -0.3 is 15.3 Å². The molecule has 19 heavy (non-hydrogen) atoms. The molecule has 0 amide bonds. The van der Waals surface area contributed by atoms with Gasteiger partial charge in [-0.1, -0.05) is 19.9 Å². The van der Waals surface area contributed by atoms with E-state index in [0.717, 1.165) is 18.1 Å². The molecule has 2 N–H and O–H groups in total. The molecule has 0 spiro atoms. The molecule has 0 saturated carbocycles. The number of aromatic nitrogens is 2. The zero-order valence-corrected chi connectivity index (χ0v) is 11.8. The lowest BCUT2D eigenvalue weighted by Crippen LogP contribution is -2.28. The van der Waals surface area contributed by atoms with E-state index in [-0.39, 0.29) is 6.61 Å². The average molecular weight is 264 g/mol. The van der Waals surface area contributed by atoms with E-state index < -0.39 is 0 Å². The molecule has 0 unspecified atom stereocenters. The van der Waals surface area contributed by atoms with Crippen molar-refractivity contribution in [3.05, 3.63) is 30.7 Å². The molecule has 0 bridgehead atoms. The van der Waals surface area contributed by atoms with Gasteiger partial charge >= 0.3 is 0 Å². The van der Waals surface area contributed by atoms with Gasteiger partial charge in [0.25, 0.3) is 0 Å². The monoisotopic (exact) mass is 264 g/mol. The van der Waals surface area contributed by atoms with Crippen LogP contribution in [0.1, 0.15) is 19.5 Å². The molecular formula is C14H24N4O. The Hall–Kier alpha value is -1.46. The number of rotatable bonds is 9. The third kappa shape index (κ3) is 5.81. The first-order chi connectivity index (χ1) is 9.17. The predicted octanol–water partition coefficient (Wildman–Crippen LogP) is 1.21. The molecule has 5 heteroatoms. The zero-order chi connectivity index (χ0) is 14.1. The summed E-state index contributed by atoms with van der Waals surface area (Å²) in [5.41, 5.74) is 0.908. The quantitative estimate of drug-likeness (QED) is 0.656. The zero-order valence-electron chi connectivity index (χ0n) is 11.8. The highest BCUT2D eigenvalue weighted by atomic mass is 16.3. The second-order valence-electron chi connectivity index (χ2n) is 4.85. The Balaban J connectivity index is 2.65. The van der Waals surface area contributed by atoms with E-state index in [1.165, 1.54) is 0 Å². The lowest BCUT2D eigenvalue weighted by Gasteiger charge is -2.21. The number of hydrogen-bond donors (Lipinski definition) is 2. The summed E-state index contributed by atoms with van der Waals surface area (Å²) in [6.07, 6.45) is 5.27. The van der Waals surface area contributed by atoms with Crippen LogP contribution in [0.2, 0.25) is 0 Å². The first-order valence-electron chi connectivity index (χ1n) is 6.65. The summed E-state index contributed by atoms with van der Waals surface area (Å²) in [5, 5.41) is 12.4. The van der Waals surface area contributed by atoms with Crippen molar-refractivity contribution in [1.82, 2.24) is 15.3 Å². The highest BCUT2D eigenvalue weighted by Gasteiger charge is 2.07. The maximum Gasteiger partial charge on any atom is 0.147 e. The Labute approximate surface area is 115 Å². The number of anilines is 1. The molecule has 1 rings (SSSR count). The highest BCUT2D eigenvalue weighted by Crippen LogP contribution is 2.09. The average Bonchev–Trinajstić information content (AvgIpc) is 2.38. The van der Waals surface area contributed by atoms with Crippen LogP contribution in [-0.2, 0) is 6.54 Å². The van der Waals surface area contributed by atoms with Crippen LogP contribution in [0.15, 0.2) is 25.0 Å². The summed E-state index contributed by atoms with van der Waals surface area (Å²) in [6, 6.07) is 0. The molecule has 0 aromatic carbocycles. The van der Waals surface area contributed by atoms with Gasteiger partial charge in [0, 0.05) is 25.8 Å². The SMILES string of the molecule is C=CCN(CCO)c1cncc(CNCC(C)C)n1. The van der Waals surface area contributed by atoms with Gasteiger partial charge in [-0.05, 0) is 12.5 Å². The van der Waals surface area contributed by atoms with Crippen LogP contribution in [0.5, 0.6) is 0 Å². The number of hydrogen-bond acceptors (Lipinski definition) is 5. The summed E-state index contributed by atoms with van der Waals surface area (Å²) in [4.78, 5) is 10.7. The number of nitrogens with zero attached hydrogens (tertiary/aromatic N) is 3. The van der Waals surface area contributed by atoms with Crippen molar-refractivity contribution in [2.24, 2.45) is 5.92 Å². The van der Waals surface area contributed by atoms with Crippen LogP contribution in [-0.4, -0.2) is 41.3 Å². The molecule has 0 atom stereocenters. The van der Waals surface area contributed by atoms with Gasteiger partial charge in [0.15, 0.2) is 0 Å². The number of aliphatic hydroxyl groups is 1. The number of nitrogens with one attached hydrogen (secondary N) is 1. The van der Waals surface area contributed by atoms with E-state index in [1.807, 2.05) is 4.90 Å². The predicted molar refractivity (Wildman–Crippen MR) is 78.1 cm³/mol. The molecule has 0 aliphatic carbocycles. The fraction of sp³-hybridized carbons (Fsp3) is 0.571. The van der Waals surface area contributed by atoms with Gasteiger partial charge in [0.2, 0.25) is 0 Å². The minimum absolute atomic E-state index is 0.0886. The van der Waals surface area contributed by atoms with Crippen molar-refractivity contribution in [2.45, 2.75) is 20.4 Å². The molecule has 5 nitrogen and oxygen atoms in total. The standard InChI is InChI=1S/C14H24N4O/c1-4-5-18(6-7-19)14-11-16-10-13(17-14)9-15-8-12(2)3/h4,10-12,15,19H,1,5-9H2,2-3H3. The second-order valence-corrected chi connectivity index (χ2v) is 4.85. The smallest absolute Gasteiger partial charge is 0.147 e. The summed E-state index contributed by atoms with van der Waals surface area (Å²) >= 11 is 0. The lowest BCUT2D eigenvalue weighted by atomic mass is 10.2. The van der Waals surface area contributed by atoms with Gasteiger partial charge in [-0.25, -0.2) is 4.98 Å². The molecular weight excluding hydrogens is 240 g/mol. The third-order valence-corrected chi connectivity index (χ3v) is 2.57. The van der Waals surface area contributed by atoms with Crippen molar-refractivity contribution in [2.75, 3.05) is 31.1 Å². The first-order valence-corrected chi connectivity index (χ1v) is 6.65. The molecule has 1 aromatic heterocycles. The van der Waals surface area contributed by atoms with Crippen molar-refractivity contribution >= 4 is 5.82 Å². The molecule has 0 aliphatic rings. The van der Waals surface area contributed by atoms with Crippen molar-refractivity contribution < 1.29 is 5.11 Å². The van der Waals surface area contributed by atoms with Crippen molar-refractivity contribution in [3.8, 4) is 0 Å². The van der Waals surface area contributed by atoms with E-state index in [4.69, 9.17) is 5.11 Å². The molecule has 0 fully saturated rings. The highest BCUT2D eigenvalue weighted by molar-refractivity contribution is 5.37. The largest absolute Gasteiger partial charge is 0.395 e. The van der Waals surface area contributed by atoms with Crippen LogP contribution in [0.3, 0.4) is 0 Å². The van der Waals surface area contributed by atoms with Gasteiger partial charge in [0.1, 0.15) is 5.82 Å². The fourth-order valence-electron chi connectivity index (χ4n) is 1.70.